The molecule has 1 heterocycles. The number of aromatic hydroxyl groups is 1. The zero-order valence-electron chi connectivity index (χ0n) is 15.7. The molecule has 3 aromatic carbocycles. The summed E-state index contributed by atoms with van der Waals surface area (Å²) in [6.45, 7) is 1.96. The number of phenols is 1. The first-order chi connectivity index (χ1) is 14.2. The molecule has 0 aliphatic carbocycles. The molecule has 0 fully saturated rings. The van der Waals surface area contributed by atoms with Crippen LogP contribution in [0.5, 0.6) is 5.75 Å². The van der Waals surface area contributed by atoms with Gasteiger partial charge < -0.3 is 5.11 Å². The van der Waals surface area contributed by atoms with Crippen molar-refractivity contribution in [3.05, 3.63) is 66.2 Å². The van der Waals surface area contributed by atoms with E-state index in [1.54, 1.807) is 17.4 Å². The van der Waals surface area contributed by atoms with Gasteiger partial charge in [0.05, 0.1) is 21.7 Å². The number of para-hydroxylation sites is 1. The quantitative estimate of drug-likeness (QED) is 0.256. The lowest BCUT2D eigenvalue weighted by molar-refractivity contribution is -0.120. The van der Waals surface area contributed by atoms with E-state index < -0.39 is 0 Å². The van der Waals surface area contributed by atoms with Crippen LogP contribution in [-0.2, 0) is 4.79 Å². The zero-order chi connectivity index (χ0) is 20.2. The molecule has 4 aromatic rings. The Morgan fingerprint density at radius 2 is 2.00 bits per heavy atom. The predicted molar refractivity (Wildman–Crippen MR) is 121 cm³/mol. The van der Waals surface area contributed by atoms with Gasteiger partial charge in [0.25, 0.3) is 5.91 Å². The van der Waals surface area contributed by atoms with Crippen molar-refractivity contribution in [3.8, 4) is 5.75 Å². The SMILES string of the molecule is CC[C@H](Sc1nc2ccccc2s1)C(=O)N/N=C\c1c(O)ccc2ccccc12. The number of thioether (sulfide) groups is 1. The van der Waals surface area contributed by atoms with Gasteiger partial charge in [-0.2, -0.15) is 5.10 Å². The van der Waals surface area contributed by atoms with Crippen molar-refractivity contribution >= 4 is 56.2 Å². The number of phenolic OH excluding ortho intramolecular Hbond substituents is 1. The molecule has 29 heavy (non-hydrogen) atoms. The molecule has 0 saturated carbocycles. The summed E-state index contributed by atoms with van der Waals surface area (Å²) in [6.07, 6.45) is 2.14. The number of benzene rings is 3. The van der Waals surface area contributed by atoms with Crippen molar-refractivity contribution in [2.45, 2.75) is 22.9 Å². The summed E-state index contributed by atoms with van der Waals surface area (Å²) >= 11 is 3.03. The Morgan fingerprint density at radius 1 is 1.21 bits per heavy atom. The number of fused-ring (bicyclic) bond motifs is 2. The number of amides is 1. The summed E-state index contributed by atoms with van der Waals surface area (Å²) in [6, 6.07) is 19.1. The Balaban J connectivity index is 1.47. The number of hydrazone groups is 1. The van der Waals surface area contributed by atoms with Gasteiger partial charge >= 0.3 is 0 Å². The number of aromatic nitrogens is 1. The fourth-order valence-corrected chi connectivity index (χ4v) is 5.23. The monoisotopic (exact) mass is 421 g/mol. The summed E-state index contributed by atoms with van der Waals surface area (Å²) in [5, 5.41) is 15.8. The molecular formula is C22H19N3O2S2. The van der Waals surface area contributed by atoms with Gasteiger partial charge in [-0.25, -0.2) is 10.4 Å². The van der Waals surface area contributed by atoms with E-state index in [-0.39, 0.29) is 16.9 Å². The van der Waals surface area contributed by atoms with Gasteiger partial charge in [0.15, 0.2) is 4.34 Å². The van der Waals surface area contributed by atoms with Crippen molar-refractivity contribution < 1.29 is 9.90 Å². The molecule has 0 unspecified atom stereocenters. The second kappa shape index (κ2) is 8.63. The van der Waals surface area contributed by atoms with Crippen LogP contribution in [0.4, 0.5) is 0 Å². The number of hydrogen-bond acceptors (Lipinski definition) is 6. The van der Waals surface area contributed by atoms with E-state index in [2.05, 4.69) is 15.5 Å². The maximum absolute atomic E-state index is 12.6. The number of thiazole rings is 1. The van der Waals surface area contributed by atoms with E-state index in [1.165, 1.54) is 18.0 Å². The minimum absolute atomic E-state index is 0.123. The first kappa shape index (κ1) is 19.4. The Morgan fingerprint density at radius 3 is 2.83 bits per heavy atom. The standard InChI is InChI=1S/C22H19N3O2S2/c1-2-19(28-22-24-17-9-5-6-10-20(17)29-22)21(27)25-23-13-16-15-8-4-3-7-14(15)11-12-18(16)26/h3-13,19,26H,2H2,1H3,(H,25,27)/b23-13-/t19-/m0/s1. The molecule has 0 bridgehead atoms. The van der Waals surface area contributed by atoms with Crippen LogP contribution in [0.15, 0.2) is 70.1 Å². The molecule has 5 nitrogen and oxygen atoms in total. The first-order valence-electron chi connectivity index (χ1n) is 9.21. The second-order valence-corrected chi connectivity index (χ2v) is 8.90. The Kier molecular flexibility index (Phi) is 5.78. The van der Waals surface area contributed by atoms with Crippen LogP contribution in [0.25, 0.3) is 21.0 Å². The minimum atomic E-state index is -0.297. The van der Waals surface area contributed by atoms with Crippen LogP contribution in [0.1, 0.15) is 18.9 Å². The number of nitrogens with zero attached hydrogens (tertiary/aromatic N) is 2. The highest BCUT2D eigenvalue weighted by Gasteiger charge is 2.19. The van der Waals surface area contributed by atoms with E-state index in [9.17, 15) is 9.90 Å². The van der Waals surface area contributed by atoms with Crippen molar-refractivity contribution in [2.75, 3.05) is 0 Å². The van der Waals surface area contributed by atoms with Crippen LogP contribution in [0, 0.1) is 0 Å². The van der Waals surface area contributed by atoms with Crippen LogP contribution < -0.4 is 5.43 Å². The van der Waals surface area contributed by atoms with Crippen molar-refractivity contribution in [1.29, 1.82) is 0 Å². The molecule has 1 aromatic heterocycles. The molecule has 0 spiro atoms. The lowest BCUT2D eigenvalue weighted by Crippen LogP contribution is -2.28. The predicted octanol–water partition coefficient (Wildman–Crippen LogP) is 5.18. The number of rotatable bonds is 6. The number of carbonyl (C=O) groups is 1. The Bertz CT molecular complexity index is 1170. The van der Waals surface area contributed by atoms with Crippen LogP contribution >= 0.6 is 23.1 Å². The highest BCUT2D eigenvalue weighted by Crippen LogP contribution is 2.33. The molecule has 7 heteroatoms. The lowest BCUT2D eigenvalue weighted by Gasteiger charge is -2.10. The topological polar surface area (TPSA) is 74.6 Å². The maximum atomic E-state index is 12.6. The molecule has 146 valence electrons. The first-order valence-corrected chi connectivity index (χ1v) is 10.9. The fourth-order valence-electron chi connectivity index (χ4n) is 3.00. The Labute approximate surface area is 176 Å². The molecule has 0 aliphatic heterocycles. The average Bonchev–Trinajstić information content (AvgIpc) is 3.16. The van der Waals surface area contributed by atoms with Gasteiger partial charge in [0.1, 0.15) is 5.75 Å². The normalized spacial score (nSPS) is 12.6. The summed E-state index contributed by atoms with van der Waals surface area (Å²) in [5.41, 5.74) is 4.13. The molecule has 1 atom stereocenters. The van der Waals surface area contributed by atoms with E-state index in [0.29, 0.717) is 12.0 Å². The van der Waals surface area contributed by atoms with Gasteiger partial charge in [0.2, 0.25) is 0 Å². The summed E-state index contributed by atoms with van der Waals surface area (Å²) < 4.78 is 1.97. The molecule has 4 rings (SSSR count). The number of hydrogen-bond donors (Lipinski definition) is 2. The average molecular weight is 422 g/mol. The van der Waals surface area contributed by atoms with E-state index in [4.69, 9.17) is 0 Å². The third kappa shape index (κ3) is 4.26. The summed E-state index contributed by atoms with van der Waals surface area (Å²) in [7, 11) is 0. The van der Waals surface area contributed by atoms with Gasteiger partial charge in [0, 0.05) is 5.56 Å². The zero-order valence-corrected chi connectivity index (χ0v) is 17.3. The minimum Gasteiger partial charge on any atom is -0.507 e. The number of carbonyl (C=O) groups excluding carboxylic acids is 1. The van der Waals surface area contributed by atoms with Crippen molar-refractivity contribution in [1.82, 2.24) is 10.4 Å². The maximum Gasteiger partial charge on any atom is 0.253 e. The summed E-state index contributed by atoms with van der Waals surface area (Å²) in [4.78, 5) is 17.2. The van der Waals surface area contributed by atoms with Crippen LogP contribution in [0.3, 0.4) is 0 Å². The second-order valence-electron chi connectivity index (χ2n) is 6.42. The molecule has 0 saturated heterocycles. The Hall–Kier alpha value is -2.90. The van der Waals surface area contributed by atoms with Crippen molar-refractivity contribution in [3.63, 3.8) is 0 Å². The van der Waals surface area contributed by atoms with E-state index >= 15 is 0 Å². The van der Waals surface area contributed by atoms with Crippen molar-refractivity contribution in [2.24, 2.45) is 5.10 Å². The van der Waals surface area contributed by atoms with E-state index in [0.717, 1.165) is 25.3 Å². The molecule has 2 N–H and O–H groups in total. The van der Waals surface area contributed by atoms with Gasteiger partial charge in [-0.1, -0.05) is 61.2 Å². The molecule has 0 aliphatic rings. The summed E-state index contributed by atoms with van der Waals surface area (Å²) in [5.74, 6) is -0.0645. The van der Waals surface area contributed by atoms with Crippen LogP contribution in [0.2, 0.25) is 0 Å². The third-order valence-electron chi connectivity index (χ3n) is 4.50. The third-order valence-corrected chi connectivity index (χ3v) is 6.99. The number of nitrogens with one attached hydrogen (secondary N) is 1. The largest absolute Gasteiger partial charge is 0.507 e. The molecule has 0 radical (unpaired) electrons. The van der Waals surface area contributed by atoms with Gasteiger partial charge in [-0.3, -0.25) is 4.79 Å². The highest BCUT2D eigenvalue weighted by molar-refractivity contribution is 8.02. The van der Waals surface area contributed by atoms with E-state index in [1.807, 2.05) is 61.5 Å². The highest BCUT2D eigenvalue weighted by atomic mass is 32.2. The molecule has 1 amide bonds. The van der Waals surface area contributed by atoms with Gasteiger partial charge in [-0.05, 0) is 35.4 Å². The molecular weight excluding hydrogens is 402 g/mol. The smallest absolute Gasteiger partial charge is 0.253 e. The van der Waals surface area contributed by atoms with Crippen LogP contribution in [-0.4, -0.2) is 27.5 Å². The fraction of sp³-hybridized carbons (Fsp3) is 0.136. The van der Waals surface area contributed by atoms with Gasteiger partial charge in [-0.15, -0.1) is 11.3 Å². The lowest BCUT2D eigenvalue weighted by atomic mass is 10.0.